The third kappa shape index (κ3) is 6.91. The highest BCUT2D eigenvalue weighted by Gasteiger charge is 2.08. The molecule has 112 valence electrons. The zero-order valence-corrected chi connectivity index (χ0v) is 14.1. The summed E-state index contributed by atoms with van der Waals surface area (Å²) >= 11 is 0. The van der Waals surface area contributed by atoms with Crippen LogP contribution in [0.3, 0.4) is 0 Å². The van der Waals surface area contributed by atoms with Gasteiger partial charge < -0.3 is 5.32 Å². The van der Waals surface area contributed by atoms with Crippen LogP contribution in [0.1, 0.15) is 59.1 Å². The van der Waals surface area contributed by atoms with Crippen molar-refractivity contribution in [3.63, 3.8) is 0 Å². The molecule has 0 amide bonds. The summed E-state index contributed by atoms with van der Waals surface area (Å²) < 4.78 is 0. The summed E-state index contributed by atoms with van der Waals surface area (Å²) in [6.07, 6.45) is 4.57. The van der Waals surface area contributed by atoms with Gasteiger partial charge in [0.1, 0.15) is 0 Å². The van der Waals surface area contributed by atoms with Gasteiger partial charge in [-0.3, -0.25) is 0 Å². The quantitative estimate of drug-likeness (QED) is 0.763. The maximum absolute atomic E-state index is 3.56. The number of rotatable bonds is 6. The molecule has 1 nitrogen and oxygen atoms in total. The summed E-state index contributed by atoms with van der Waals surface area (Å²) in [5.41, 5.74) is 4.37. The van der Waals surface area contributed by atoms with Crippen LogP contribution in [-0.4, -0.2) is 12.1 Å². The summed E-state index contributed by atoms with van der Waals surface area (Å²) in [5, 5.41) is 3.56. The molecule has 0 atom stereocenters. The Kier molecular flexibility index (Phi) is 6.48. The molecular weight excluding hydrogens is 242 g/mol. The molecule has 0 bridgehead atoms. The summed E-state index contributed by atoms with van der Waals surface area (Å²) in [4.78, 5) is 0. The molecule has 1 aromatic carbocycles. The summed E-state index contributed by atoms with van der Waals surface area (Å²) in [5.74, 6) is 0.721. The van der Waals surface area contributed by atoms with Crippen LogP contribution in [0.2, 0.25) is 0 Å². The van der Waals surface area contributed by atoms with Gasteiger partial charge in [-0.2, -0.15) is 0 Å². The van der Waals surface area contributed by atoms with Crippen molar-refractivity contribution in [2.24, 2.45) is 5.92 Å². The van der Waals surface area contributed by atoms with Crippen LogP contribution in [0.5, 0.6) is 0 Å². The second-order valence-corrected chi connectivity index (χ2v) is 7.10. The smallest absolute Gasteiger partial charge is 0.0172 e. The van der Waals surface area contributed by atoms with Crippen molar-refractivity contribution in [3.8, 4) is 0 Å². The topological polar surface area (TPSA) is 12.0 Å². The first-order valence-electron chi connectivity index (χ1n) is 7.83. The Morgan fingerprint density at radius 3 is 2.20 bits per heavy atom. The first-order valence-corrected chi connectivity index (χ1v) is 7.83. The molecule has 0 heterocycles. The minimum absolute atomic E-state index is 0.176. The highest BCUT2D eigenvalue weighted by molar-refractivity contribution is 5.53. The van der Waals surface area contributed by atoms with Crippen molar-refractivity contribution in [1.82, 2.24) is 5.32 Å². The van der Waals surface area contributed by atoms with E-state index in [9.17, 15) is 0 Å². The predicted molar refractivity (Wildman–Crippen MR) is 91.0 cm³/mol. The normalized spacial score (nSPS) is 13.1. The molecule has 0 saturated carbocycles. The standard InChI is InChI=1S/C19H31N/c1-7-16(14-20-19(4,5)6)13-18-10-8-17(9-11-18)12-15(2)3/h8-11,13,15,20H,7,12,14H2,1-6H3/b16-13-. The second kappa shape index (κ2) is 7.64. The molecule has 20 heavy (non-hydrogen) atoms. The maximum Gasteiger partial charge on any atom is 0.0172 e. The van der Waals surface area contributed by atoms with E-state index in [0.29, 0.717) is 0 Å². The van der Waals surface area contributed by atoms with Crippen molar-refractivity contribution < 1.29 is 0 Å². The first kappa shape index (κ1) is 17.0. The van der Waals surface area contributed by atoms with Gasteiger partial charge in [0.15, 0.2) is 0 Å². The van der Waals surface area contributed by atoms with E-state index in [1.807, 2.05) is 0 Å². The van der Waals surface area contributed by atoms with Gasteiger partial charge in [-0.25, -0.2) is 0 Å². The van der Waals surface area contributed by atoms with Crippen LogP contribution in [0.25, 0.3) is 6.08 Å². The maximum atomic E-state index is 3.56. The predicted octanol–water partition coefficient (Wildman–Crippen LogP) is 5.07. The SMILES string of the molecule is CC/C(=C/c1ccc(CC(C)C)cc1)CNC(C)(C)C. The zero-order valence-electron chi connectivity index (χ0n) is 14.1. The molecule has 0 aliphatic heterocycles. The van der Waals surface area contributed by atoms with Crippen molar-refractivity contribution in [3.05, 3.63) is 41.0 Å². The van der Waals surface area contributed by atoms with E-state index in [4.69, 9.17) is 0 Å². The Hall–Kier alpha value is -1.08. The number of nitrogens with one attached hydrogen (secondary N) is 1. The third-order valence-electron chi connectivity index (χ3n) is 3.29. The van der Waals surface area contributed by atoms with Gasteiger partial charge >= 0.3 is 0 Å². The van der Waals surface area contributed by atoms with E-state index >= 15 is 0 Å². The van der Waals surface area contributed by atoms with E-state index in [0.717, 1.165) is 25.3 Å². The molecule has 0 aliphatic rings. The summed E-state index contributed by atoms with van der Waals surface area (Å²) in [6.45, 7) is 14.3. The average molecular weight is 273 g/mol. The fourth-order valence-electron chi connectivity index (χ4n) is 2.11. The largest absolute Gasteiger partial charge is 0.308 e. The van der Waals surface area contributed by atoms with Gasteiger partial charge in [-0.1, -0.05) is 56.7 Å². The van der Waals surface area contributed by atoms with Gasteiger partial charge in [-0.15, -0.1) is 0 Å². The highest BCUT2D eigenvalue weighted by atomic mass is 14.9. The van der Waals surface area contributed by atoms with Crippen LogP contribution in [-0.2, 0) is 6.42 Å². The molecule has 0 fully saturated rings. The lowest BCUT2D eigenvalue weighted by atomic mass is 10.0. The molecule has 0 saturated heterocycles. The van der Waals surface area contributed by atoms with Crippen molar-refractivity contribution in [2.75, 3.05) is 6.54 Å². The van der Waals surface area contributed by atoms with Gasteiger partial charge in [0.05, 0.1) is 0 Å². The molecule has 0 spiro atoms. The number of hydrogen-bond donors (Lipinski definition) is 1. The average Bonchev–Trinajstić information content (AvgIpc) is 2.34. The molecule has 1 aromatic rings. The minimum atomic E-state index is 0.176. The minimum Gasteiger partial charge on any atom is -0.308 e. The van der Waals surface area contributed by atoms with Crippen molar-refractivity contribution >= 4 is 6.08 Å². The lowest BCUT2D eigenvalue weighted by Gasteiger charge is -2.21. The lowest BCUT2D eigenvalue weighted by molar-refractivity contribution is 0.443. The Balaban J connectivity index is 2.70. The van der Waals surface area contributed by atoms with E-state index in [1.54, 1.807) is 0 Å². The first-order chi connectivity index (χ1) is 9.30. The summed E-state index contributed by atoms with van der Waals surface area (Å²) in [6, 6.07) is 9.00. The van der Waals surface area contributed by atoms with E-state index < -0.39 is 0 Å². The molecule has 0 unspecified atom stereocenters. The molecule has 0 aromatic heterocycles. The zero-order chi connectivity index (χ0) is 15.2. The van der Waals surface area contributed by atoms with Crippen LogP contribution < -0.4 is 5.32 Å². The van der Waals surface area contributed by atoms with Crippen LogP contribution in [0.15, 0.2) is 29.8 Å². The molecule has 1 N–H and O–H groups in total. The Labute approximate surface area is 125 Å². The number of hydrogen-bond acceptors (Lipinski definition) is 1. The molecular formula is C19H31N. The Morgan fingerprint density at radius 1 is 1.15 bits per heavy atom. The van der Waals surface area contributed by atoms with Gasteiger partial charge in [-0.05, 0) is 50.7 Å². The molecule has 1 heteroatoms. The van der Waals surface area contributed by atoms with Gasteiger partial charge in [0.25, 0.3) is 0 Å². The molecule has 0 aliphatic carbocycles. The highest BCUT2D eigenvalue weighted by Crippen LogP contribution is 2.14. The number of benzene rings is 1. The fraction of sp³-hybridized carbons (Fsp3) is 0.579. The van der Waals surface area contributed by atoms with E-state index in [2.05, 4.69) is 77.2 Å². The van der Waals surface area contributed by atoms with Crippen LogP contribution in [0, 0.1) is 5.92 Å². The summed E-state index contributed by atoms with van der Waals surface area (Å²) in [7, 11) is 0. The molecule has 1 rings (SSSR count). The molecule has 0 radical (unpaired) electrons. The van der Waals surface area contributed by atoms with Crippen molar-refractivity contribution in [2.45, 2.75) is 59.9 Å². The van der Waals surface area contributed by atoms with Gasteiger partial charge in [0, 0.05) is 12.1 Å². The Morgan fingerprint density at radius 2 is 1.75 bits per heavy atom. The third-order valence-corrected chi connectivity index (χ3v) is 3.29. The Bertz CT molecular complexity index is 418. The van der Waals surface area contributed by atoms with Crippen LogP contribution in [0.4, 0.5) is 0 Å². The fourth-order valence-corrected chi connectivity index (χ4v) is 2.11. The van der Waals surface area contributed by atoms with E-state index in [-0.39, 0.29) is 5.54 Å². The van der Waals surface area contributed by atoms with Crippen molar-refractivity contribution in [1.29, 1.82) is 0 Å². The van der Waals surface area contributed by atoms with E-state index in [1.165, 1.54) is 16.7 Å². The second-order valence-electron chi connectivity index (χ2n) is 7.10. The van der Waals surface area contributed by atoms with Crippen LogP contribution >= 0.6 is 0 Å². The monoisotopic (exact) mass is 273 g/mol. The van der Waals surface area contributed by atoms with Gasteiger partial charge in [0.2, 0.25) is 0 Å². The lowest BCUT2D eigenvalue weighted by Crippen LogP contribution is -2.36.